The molecule has 1 heterocycles. The Kier molecular flexibility index (Phi) is 7.84. The third kappa shape index (κ3) is 5.16. The van der Waals surface area contributed by atoms with Crippen molar-refractivity contribution in [2.24, 2.45) is 0 Å². The van der Waals surface area contributed by atoms with E-state index in [9.17, 15) is 19.7 Å². The summed E-state index contributed by atoms with van der Waals surface area (Å²) in [5.74, 6) is -0.418. The van der Waals surface area contributed by atoms with Crippen LogP contribution in [0.3, 0.4) is 0 Å². The first-order valence-electron chi connectivity index (χ1n) is 13.4. The Morgan fingerprint density at radius 1 is 0.750 bits per heavy atom. The van der Waals surface area contributed by atoms with Gasteiger partial charge in [0.15, 0.2) is 0 Å². The molecule has 5 rings (SSSR count). The van der Waals surface area contributed by atoms with Crippen molar-refractivity contribution in [3.8, 4) is 0 Å². The van der Waals surface area contributed by atoms with Crippen LogP contribution in [0.25, 0.3) is 0 Å². The van der Waals surface area contributed by atoms with E-state index in [1.165, 1.54) is 19.1 Å². The lowest BCUT2D eigenvalue weighted by atomic mass is 9.75. The molecule has 0 spiro atoms. The lowest BCUT2D eigenvalue weighted by Crippen LogP contribution is -2.57. The fraction of sp³-hybridized carbons (Fsp3) is 0.212. The maximum absolute atomic E-state index is 13.5. The number of benzene rings is 4. The van der Waals surface area contributed by atoms with E-state index in [0.717, 1.165) is 16.7 Å². The van der Waals surface area contributed by atoms with Gasteiger partial charge in [0.05, 0.1) is 10.5 Å². The van der Waals surface area contributed by atoms with Crippen LogP contribution in [0, 0.1) is 10.1 Å². The Morgan fingerprint density at radius 3 is 1.65 bits per heavy atom. The molecule has 0 radical (unpaired) electrons. The molecule has 0 bridgehead atoms. The third-order valence-corrected chi connectivity index (χ3v) is 7.58. The molecule has 1 aliphatic heterocycles. The number of nitro groups is 1. The topological polar surface area (TPSA) is 83.8 Å². The fourth-order valence-electron chi connectivity index (χ4n) is 5.80. The summed E-state index contributed by atoms with van der Waals surface area (Å²) in [6.07, 6.45) is -0.0377. The van der Waals surface area contributed by atoms with Crippen molar-refractivity contribution >= 4 is 17.4 Å². The summed E-state index contributed by atoms with van der Waals surface area (Å²) in [4.78, 5) is 40.4. The summed E-state index contributed by atoms with van der Waals surface area (Å²) in [6.45, 7) is 3.54. The van der Waals surface area contributed by atoms with Crippen molar-refractivity contribution in [1.29, 1.82) is 0 Å². The number of piperazine rings is 1. The van der Waals surface area contributed by atoms with Crippen LogP contribution in [0.5, 0.6) is 0 Å². The molecule has 4 aromatic carbocycles. The summed E-state index contributed by atoms with van der Waals surface area (Å²) in [6, 6.07) is 35.7. The van der Waals surface area contributed by atoms with Gasteiger partial charge in [0.25, 0.3) is 11.6 Å². The van der Waals surface area contributed by atoms with E-state index in [0.29, 0.717) is 31.7 Å². The Labute approximate surface area is 233 Å². The van der Waals surface area contributed by atoms with Crippen molar-refractivity contribution in [2.75, 3.05) is 26.2 Å². The number of amides is 1. The first kappa shape index (κ1) is 27.0. The average Bonchev–Trinajstić information content (AvgIpc) is 2.99. The van der Waals surface area contributed by atoms with Crippen LogP contribution in [-0.4, -0.2) is 52.6 Å². The molecule has 4 aromatic rings. The minimum absolute atomic E-state index is 0.0377. The summed E-state index contributed by atoms with van der Waals surface area (Å²) in [7, 11) is 0. The van der Waals surface area contributed by atoms with Gasteiger partial charge in [-0.05, 0) is 29.7 Å². The van der Waals surface area contributed by atoms with Crippen LogP contribution in [-0.2, 0) is 16.8 Å². The number of nitro benzene ring substituents is 1. The van der Waals surface area contributed by atoms with Crippen molar-refractivity contribution in [1.82, 2.24) is 9.80 Å². The summed E-state index contributed by atoms with van der Waals surface area (Å²) >= 11 is 0. The van der Waals surface area contributed by atoms with Gasteiger partial charge < -0.3 is 4.90 Å². The molecule has 7 nitrogen and oxygen atoms in total. The van der Waals surface area contributed by atoms with Gasteiger partial charge in [0, 0.05) is 49.8 Å². The molecule has 1 aliphatic rings. The van der Waals surface area contributed by atoms with E-state index in [-0.39, 0.29) is 29.4 Å². The Balaban J connectivity index is 1.47. The lowest BCUT2D eigenvalue weighted by Gasteiger charge is -2.49. The first-order valence-corrected chi connectivity index (χ1v) is 13.4. The number of Topliss-reactive ketones (excluding diaryl/α,β-unsaturated/α-hetero) is 1. The number of carbonyl (C=O) groups is 2. The van der Waals surface area contributed by atoms with Crippen LogP contribution in [0.1, 0.15) is 39.5 Å². The molecular formula is C33H31N3O4. The van der Waals surface area contributed by atoms with Crippen molar-refractivity contribution in [3.05, 3.63) is 147 Å². The molecule has 7 heteroatoms. The van der Waals surface area contributed by atoms with Gasteiger partial charge in [-0.2, -0.15) is 0 Å². The minimum atomic E-state index is -0.563. The zero-order valence-corrected chi connectivity index (χ0v) is 22.4. The number of hydrogen-bond acceptors (Lipinski definition) is 5. The van der Waals surface area contributed by atoms with Gasteiger partial charge in [0.1, 0.15) is 5.78 Å². The van der Waals surface area contributed by atoms with Gasteiger partial charge in [0.2, 0.25) is 0 Å². The number of nitrogens with zero attached hydrogens (tertiary/aromatic N) is 3. The molecule has 1 fully saturated rings. The Hall–Kier alpha value is -4.62. The number of rotatable bonds is 8. The van der Waals surface area contributed by atoms with E-state index in [1.54, 1.807) is 11.0 Å². The highest BCUT2D eigenvalue weighted by molar-refractivity contribution is 5.95. The van der Waals surface area contributed by atoms with Crippen LogP contribution < -0.4 is 0 Å². The monoisotopic (exact) mass is 533 g/mol. The van der Waals surface area contributed by atoms with E-state index in [4.69, 9.17) is 0 Å². The Morgan fingerprint density at radius 2 is 1.23 bits per heavy atom. The van der Waals surface area contributed by atoms with Gasteiger partial charge >= 0.3 is 0 Å². The van der Waals surface area contributed by atoms with Crippen molar-refractivity contribution < 1.29 is 14.5 Å². The zero-order valence-electron chi connectivity index (χ0n) is 22.4. The van der Waals surface area contributed by atoms with Gasteiger partial charge in [-0.3, -0.25) is 24.6 Å². The first-order chi connectivity index (χ1) is 19.4. The van der Waals surface area contributed by atoms with Crippen molar-refractivity contribution in [2.45, 2.75) is 18.9 Å². The molecule has 0 atom stereocenters. The summed E-state index contributed by atoms with van der Waals surface area (Å²) in [5.41, 5.74) is 3.24. The lowest BCUT2D eigenvalue weighted by molar-refractivity contribution is -0.385. The molecule has 0 N–H and O–H groups in total. The third-order valence-electron chi connectivity index (χ3n) is 7.58. The quantitative estimate of drug-likeness (QED) is 0.170. The van der Waals surface area contributed by atoms with Crippen LogP contribution in [0.4, 0.5) is 5.69 Å². The Bertz CT molecular complexity index is 1400. The maximum Gasteiger partial charge on any atom is 0.273 e. The van der Waals surface area contributed by atoms with Gasteiger partial charge in [-0.1, -0.05) is 97.1 Å². The molecule has 0 aliphatic carbocycles. The predicted octanol–water partition coefficient (Wildman–Crippen LogP) is 5.48. The van der Waals surface area contributed by atoms with Gasteiger partial charge in [-0.15, -0.1) is 0 Å². The SMILES string of the molecule is CC(=O)Cc1ccc(C(=O)N2CCN(C(c3ccccc3)(c3ccccc3)c3ccccc3)CC2)cc1[N+](=O)[O-]. The maximum atomic E-state index is 13.5. The van der Waals surface area contributed by atoms with Gasteiger partial charge in [-0.25, -0.2) is 0 Å². The highest BCUT2D eigenvalue weighted by Gasteiger charge is 2.43. The van der Waals surface area contributed by atoms with Crippen LogP contribution >= 0.6 is 0 Å². The highest BCUT2D eigenvalue weighted by atomic mass is 16.6. The fourth-order valence-corrected chi connectivity index (χ4v) is 5.80. The number of ketones is 1. The smallest absolute Gasteiger partial charge is 0.273 e. The van der Waals surface area contributed by atoms with Crippen molar-refractivity contribution in [3.63, 3.8) is 0 Å². The normalized spacial score (nSPS) is 14.1. The average molecular weight is 534 g/mol. The summed E-state index contributed by atoms with van der Waals surface area (Å²) < 4.78 is 0. The number of hydrogen-bond donors (Lipinski definition) is 0. The zero-order chi connectivity index (χ0) is 28.1. The van der Waals surface area contributed by atoms with E-state index in [2.05, 4.69) is 77.7 Å². The predicted molar refractivity (Wildman–Crippen MR) is 154 cm³/mol. The van der Waals surface area contributed by atoms with Crippen LogP contribution in [0.2, 0.25) is 0 Å². The largest absolute Gasteiger partial charge is 0.336 e. The number of carbonyl (C=O) groups excluding carboxylic acids is 2. The molecule has 40 heavy (non-hydrogen) atoms. The molecule has 202 valence electrons. The minimum Gasteiger partial charge on any atom is -0.336 e. The standard InChI is InChI=1S/C33H31N3O4/c1-25(37)23-26-17-18-27(24-31(26)36(39)40)32(38)34-19-21-35(22-20-34)33(28-11-5-2-6-12-28,29-13-7-3-8-14-29)30-15-9-4-10-16-30/h2-18,24H,19-23H2,1H3. The van der Waals surface area contributed by atoms with Crippen LogP contribution in [0.15, 0.2) is 109 Å². The second-order valence-corrected chi connectivity index (χ2v) is 10.1. The molecule has 0 saturated carbocycles. The molecule has 1 saturated heterocycles. The second-order valence-electron chi connectivity index (χ2n) is 10.1. The molecule has 0 unspecified atom stereocenters. The molecular weight excluding hydrogens is 502 g/mol. The van der Waals surface area contributed by atoms with E-state index >= 15 is 0 Å². The molecule has 1 amide bonds. The molecule has 0 aromatic heterocycles. The second kappa shape index (κ2) is 11.6. The highest BCUT2D eigenvalue weighted by Crippen LogP contribution is 2.42. The van der Waals surface area contributed by atoms with E-state index in [1.807, 2.05) is 18.2 Å². The summed E-state index contributed by atoms with van der Waals surface area (Å²) in [5, 5.41) is 11.7. The van der Waals surface area contributed by atoms with E-state index < -0.39 is 10.5 Å².